The fourth-order valence-electron chi connectivity index (χ4n) is 0.504. The van der Waals surface area contributed by atoms with E-state index in [4.69, 9.17) is 9.79 Å². The first kappa shape index (κ1) is 13.2. The molecule has 82 valence electrons. The fourth-order valence-corrected chi connectivity index (χ4v) is 0.800. The van der Waals surface area contributed by atoms with E-state index in [9.17, 15) is 9.36 Å². The van der Waals surface area contributed by atoms with Crippen LogP contribution < -0.4 is 0 Å². The normalized spacial score (nSPS) is 12.4. The molecule has 0 saturated heterocycles. The van der Waals surface area contributed by atoms with Crippen molar-refractivity contribution in [2.45, 2.75) is 20.3 Å². The molecule has 0 aliphatic rings. The molecule has 0 unspecified atom stereocenters. The molecule has 0 aromatic rings. The monoisotopic (exact) mass is 224 g/mol. The third-order valence-corrected chi connectivity index (χ3v) is 1.51. The number of ether oxygens (including phenoxy) is 1. The van der Waals surface area contributed by atoms with Crippen LogP contribution in [0.25, 0.3) is 0 Å². The minimum atomic E-state index is -4.57. The molecule has 0 bridgehead atoms. The standard InChI is InChI=1S/C7H13O6P/c1-3-4-12-7(8)6(2)5-13-14(9,10)11/h5H,3-4H2,1-2H3,(H2,9,10,11). The summed E-state index contributed by atoms with van der Waals surface area (Å²) in [6.45, 7) is 3.44. The molecular weight excluding hydrogens is 211 g/mol. The smallest absolute Gasteiger partial charge is 0.462 e. The number of hydrogen-bond acceptors (Lipinski definition) is 4. The number of esters is 1. The van der Waals surface area contributed by atoms with Crippen LogP contribution in [0.15, 0.2) is 11.8 Å². The van der Waals surface area contributed by atoms with Crippen molar-refractivity contribution < 1.29 is 28.4 Å². The number of carbonyl (C=O) groups is 1. The van der Waals surface area contributed by atoms with Crippen LogP contribution in [-0.4, -0.2) is 22.4 Å². The van der Waals surface area contributed by atoms with Crippen molar-refractivity contribution in [2.24, 2.45) is 0 Å². The Hall–Kier alpha value is -0.840. The molecule has 0 fully saturated rings. The summed E-state index contributed by atoms with van der Waals surface area (Å²) in [4.78, 5) is 27.6. The Morgan fingerprint density at radius 3 is 2.50 bits per heavy atom. The number of hydrogen-bond donors (Lipinski definition) is 2. The maximum absolute atomic E-state index is 11.0. The summed E-state index contributed by atoms with van der Waals surface area (Å²) in [5.41, 5.74) is 0.00164. The summed E-state index contributed by atoms with van der Waals surface area (Å²) < 4.78 is 18.9. The Labute approximate surface area is 81.8 Å². The predicted molar refractivity (Wildman–Crippen MR) is 48.1 cm³/mol. The number of phosphoric ester groups is 1. The molecule has 0 atom stereocenters. The minimum Gasteiger partial charge on any atom is -0.462 e. The predicted octanol–water partition coefficient (Wildman–Crippen LogP) is 0.953. The highest BCUT2D eigenvalue weighted by molar-refractivity contribution is 7.46. The molecule has 0 rings (SSSR count). The Morgan fingerprint density at radius 1 is 1.50 bits per heavy atom. The molecule has 0 radical (unpaired) electrons. The van der Waals surface area contributed by atoms with Gasteiger partial charge in [-0.15, -0.1) is 0 Å². The zero-order valence-corrected chi connectivity index (χ0v) is 8.86. The lowest BCUT2D eigenvalue weighted by Crippen LogP contribution is -2.06. The summed E-state index contributed by atoms with van der Waals surface area (Å²) in [5, 5.41) is 0. The van der Waals surface area contributed by atoms with Gasteiger partial charge >= 0.3 is 13.8 Å². The van der Waals surface area contributed by atoms with Crippen molar-refractivity contribution in [3.63, 3.8) is 0 Å². The second-order valence-corrected chi connectivity index (χ2v) is 3.72. The van der Waals surface area contributed by atoms with Gasteiger partial charge in [-0.1, -0.05) is 6.92 Å². The van der Waals surface area contributed by atoms with E-state index in [0.29, 0.717) is 12.7 Å². The second kappa shape index (κ2) is 5.80. The molecule has 0 saturated carbocycles. The van der Waals surface area contributed by atoms with Crippen molar-refractivity contribution in [2.75, 3.05) is 6.61 Å². The molecule has 0 aromatic heterocycles. The molecule has 0 aliphatic carbocycles. The van der Waals surface area contributed by atoms with E-state index in [1.807, 2.05) is 6.92 Å². The highest BCUT2D eigenvalue weighted by Gasteiger charge is 2.14. The van der Waals surface area contributed by atoms with Gasteiger partial charge in [0, 0.05) is 0 Å². The largest absolute Gasteiger partial charge is 0.524 e. The first-order chi connectivity index (χ1) is 6.37. The van der Waals surface area contributed by atoms with Gasteiger partial charge in [0.2, 0.25) is 0 Å². The minimum absolute atomic E-state index is 0.00164. The molecule has 14 heavy (non-hydrogen) atoms. The van der Waals surface area contributed by atoms with Gasteiger partial charge in [0.15, 0.2) is 0 Å². The van der Waals surface area contributed by atoms with Gasteiger partial charge in [0.25, 0.3) is 0 Å². The van der Waals surface area contributed by atoms with E-state index in [0.717, 1.165) is 0 Å². The molecular formula is C7H13O6P. The van der Waals surface area contributed by atoms with Crippen molar-refractivity contribution in [1.29, 1.82) is 0 Å². The van der Waals surface area contributed by atoms with Crippen LogP contribution in [0.2, 0.25) is 0 Å². The molecule has 0 aliphatic heterocycles. The Balaban J connectivity index is 4.11. The summed E-state index contributed by atoms with van der Waals surface area (Å²) in [6, 6.07) is 0. The van der Waals surface area contributed by atoms with Gasteiger partial charge in [-0.3, -0.25) is 9.79 Å². The summed E-state index contributed by atoms with van der Waals surface area (Å²) in [5.74, 6) is -0.652. The number of carbonyl (C=O) groups excluding carboxylic acids is 1. The van der Waals surface area contributed by atoms with E-state index in [-0.39, 0.29) is 12.2 Å². The van der Waals surface area contributed by atoms with Crippen molar-refractivity contribution in [3.8, 4) is 0 Å². The Kier molecular flexibility index (Phi) is 5.45. The third-order valence-electron chi connectivity index (χ3n) is 1.13. The average Bonchev–Trinajstić information content (AvgIpc) is 2.09. The number of phosphoric acid groups is 1. The van der Waals surface area contributed by atoms with E-state index in [2.05, 4.69) is 9.26 Å². The van der Waals surface area contributed by atoms with Gasteiger partial charge in [0.05, 0.1) is 12.2 Å². The lowest BCUT2D eigenvalue weighted by molar-refractivity contribution is -0.139. The van der Waals surface area contributed by atoms with Crippen molar-refractivity contribution in [1.82, 2.24) is 0 Å². The Bertz CT molecular complexity index is 265. The maximum atomic E-state index is 11.0. The maximum Gasteiger partial charge on any atom is 0.524 e. The van der Waals surface area contributed by atoms with Crippen LogP contribution in [0.4, 0.5) is 0 Å². The van der Waals surface area contributed by atoms with Gasteiger partial charge in [0.1, 0.15) is 6.26 Å². The van der Waals surface area contributed by atoms with E-state index < -0.39 is 13.8 Å². The van der Waals surface area contributed by atoms with E-state index in [1.54, 1.807) is 0 Å². The topological polar surface area (TPSA) is 93.1 Å². The van der Waals surface area contributed by atoms with Gasteiger partial charge < -0.3 is 9.26 Å². The van der Waals surface area contributed by atoms with Crippen molar-refractivity contribution in [3.05, 3.63) is 11.8 Å². The van der Waals surface area contributed by atoms with Crippen LogP contribution in [0.1, 0.15) is 20.3 Å². The Morgan fingerprint density at radius 2 is 2.07 bits per heavy atom. The first-order valence-electron chi connectivity index (χ1n) is 3.94. The molecule has 6 nitrogen and oxygen atoms in total. The van der Waals surface area contributed by atoms with Crippen LogP contribution in [0.5, 0.6) is 0 Å². The third kappa shape index (κ3) is 6.65. The lowest BCUT2D eigenvalue weighted by Gasteiger charge is -2.04. The molecule has 0 spiro atoms. The SMILES string of the molecule is CCCOC(=O)C(C)=COP(=O)(O)O. The summed E-state index contributed by atoms with van der Waals surface area (Å²) in [7, 11) is -4.57. The van der Waals surface area contributed by atoms with Gasteiger partial charge in [-0.25, -0.2) is 9.36 Å². The summed E-state index contributed by atoms with van der Waals surface area (Å²) >= 11 is 0. The highest BCUT2D eigenvalue weighted by Crippen LogP contribution is 2.36. The van der Waals surface area contributed by atoms with E-state index >= 15 is 0 Å². The molecule has 2 N–H and O–H groups in total. The summed E-state index contributed by atoms with van der Waals surface area (Å²) in [6.07, 6.45) is 1.37. The lowest BCUT2D eigenvalue weighted by atomic mass is 10.3. The fraction of sp³-hybridized carbons (Fsp3) is 0.571. The molecule has 7 heteroatoms. The first-order valence-corrected chi connectivity index (χ1v) is 5.47. The van der Waals surface area contributed by atoms with Gasteiger partial charge in [-0.2, -0.15) is 0 Å². The number of rotatable bonds is 5. The molecule has 0 aromatic carbocycles. The van der Waals surface area contributed by atoms with Gasteiger partial charge in [-0.05, 0) is 13.3 Å². The zero-order chi connectivity index (χ0) is 11.2. The highest BCUT2D eigenvalue weighted by atomic mass is 31.2. The molecule has 0 amide bonds. The van der Waals surface area contributed by atoms with E-state index in [1.165, 1.54) is 6.92 Å². The van der Waals surface area contributed by atoms with Crippen molar-refractivity contribution >= 4 is 13.8 Å². The quantitative estimate of drug-likeness (QED) is 0.312. The van der Waals surface area contributed by atoms with Crippen LogP contribution >= 0.6 is 7.82 Å². The van der Waals surface area contributed by atoms with Crippen LogP contribution in [0.3, 0.4) is 0 Å². The molecule has 0 heterocycles. The second-order valence-electron chi connectivity index (χ2n) is 2.53. The van der Waals surface area contributed by atoms with Crippen LogP contribution in [-0.2, 0) is 18.6 Å². The zero-order valence-electron chi connectivity index (χ0n) is 7.97. The average molecular weight is 224 g/mol. The van der Waals surface area contributed by atoms with Crippen LogP contribution in [0, 0.1) is 0 Å².